The molecule has 2 rings (SSSR count). The first kappa shape index (κ1) is 15.2. The highest BCUT2D eigenvalue weighted by molar-refractivity contribution is 9.11. The van der Waals surface area contributed by atoms with Gasteiger partial charge in [-0.15, -0.1) is 11.3 Å². The summed E-state index contributed by atoms with van der Waals surface area (Å²) in [6.45, 7) is 3.16. The lowest BCUT2D eigenvalue weighted by molar-refractivity contribution is -0.117. The summed E-state index contributed by atoms with van der Waals surface area (Å²) in [7, 11) is 1.95. The first-order valence-electron chi connectivity index (χ1n) is 6.32. The molecule has 106 valence electrons. The van der Waals surface area contributed by atoms with Crippen LogP contribution in [-0.4, -0.2) is 24.4 Å². The van der Waals surface area contributed by atoms with Crippen molar-refractivity contribution in [1.29, 1.82) is 0 Å². The second kappa shape index (κ2) is 7.02. The van der Waals surface area contributed by atoms with Gasteiger partial charge >= 0.3 is 0 Å². The number of nitrogens with one attached hydrogen (secondary N) is 1. The topological polar surface area (TPSA) is 32.3 Å². The van der Waals surface area contributed by atoms with Crippen molar-refractivity contribution in [1.82, 2.24) is 4.90 Å². The van der Waals surface area contributed by atoms with Crippen LogP contribution >= 0.6 is 27.3 Å². The van der Waals surface area contributed by atoms with Gasteiger partial charge in [-0.1, -0.05) is 12.1 Å². The average Bonchev–Trinajstić information content (AvgIpc) is 2.74. The summed E-state index contributed by atoms with van der Waals surface area (Å²) in [5.41, 5.74) is 1.99. The monoisotopic (exact) mass is 352 g/mol. The number of anilines is 1. The highest BCUT2D eigenvalue weighted by Crippen LogP contribution is 2.22. The molecule has 2 aromatic rings. The van der Waals surface area contributed by atoms with Crippen LogP contribution in [0.3, 0.4) is 0 Å². The Bertz CT molecular complexity index is 597. The van der Waals surface area contributed by atoms with Gasteiger partial charge in [0, 0.05) is 17.1 Å². The summed E-state index contributed by atoms with van der Waals surface area (Å²) in [5.74, 6) is 0.00808. The molecule has 0 atom stereocenters. The normalized spacial score (nSPS) is 10.8. The number of hydrogen-bond donors (Lipinski definition) is 1. The van der Waals surface area contributed by atoms with Crippen molar-refractivity contribution >= 4 is 38.9 Å². The zero-order valence-corrected chi connectivity index (χ0v) is 13.9. The highest BCUT2D eigenvalue weighted by atomic mass is 79.9. The summed E-state index contributed by atoms with van der Waals surface area (Å²) in [6, 6.07) is 11.9. The minimum absolute atomic E-state index is 0.00808. The first-order valence-corrected chi connectivity index (χ1v) is 7.93. The molecule has 3 nitrogen and oxygen atoms in total. The molecular formula is C15H17BrN2OS. The van der Waals surface area contributed by atoms with E-state index >= 15 is 0 Å². The van der Waals surface area contributed by atoms with Gasteiger partial charge in [-0.3, -0.25) is 9.69 Å². The summed E-state index contributed by atoms with van der Waals surface area (Å²) in [4.78, 5) is 15.2. The van der Waals surface area contributed by atoms with Crippen LogP contribution in [0.15, 0.2) is 40.2 Å². The fourth-order valence-electron chi connectivity index (χ4n) is 1.93. The number of likely N-dealkylation sites (N-methyl/N-ethyl adjacent to an activating group) is 1. The SMILES string of the molecule is Cc1cccc(NC(=O)CN(C)Cc2ccc(Br)s2)c1. The second-order valence-electron chi connectivity index (χ2n) is 4.80. The van der Waals surface area contributed by atoms with Gasteiger partial charge in [0.05, 0.1) is 10.3 Å². The zero-order valence-electron chi connectivity index (χ0n) is 11.5. The summed E-state index contributed by atoms with van der Waals surface area (Å²) >= 11 is 5.14. The molecule has 0 bridgehead atoms. The molecule has 1 aromatic heterocycles. The number of hydrogen-bond acceptors (Lipinski definition) is 3. The average molecular weight is 353 g/mol. The van der Waals surface area contributed by atoms with E-state index < -0.39 is 0 Å². The number of aryl methyl sites for hydroxylation is 1. The van der Waals surface area contributed by atoms with Crippen LogP contribution in [0.4, 0.5) is 5.69 Å². The van der Waals surface area contributed by atoms with Gasteiger partial charge < -0.3 is 5.32 Å². The maximum atomic E-state index is 12.0. The molecule has 5 heteroatoms. The van der Waals surface area contributed by atoms with Gasteiger partial charge in [-0.2, -0.15) is 0 Å². The number of amides is 1. The van der Waals surface area contributed by atoms with Crippen molar-refractivity contribution in [2.24, 2.45) is 0 Å². The molecule has 1 aromatic carbocycles. The van der Waals surface area contributed by atoms with E-state index in [2.05, 4.69) is 27.3 Å². The lowest BCUT2D eigenvalue weighted by atomic mass is 10.2. The molecule has 0 aliphatic carbocycles. The van der Waals surface area contributed by atoms with Gasteiger partial charge in [0.25, 0.3) is 0 Å². The van der Waals surface area contributed by atoms with Gasteiger partial charge in [0.15, 0.2) is 0 Å². The Hall–Kier alpha value is -1.17. The lowest BCUT2D eigenvalue weighted by Crippen LogP contribution is -2.29. The minimum Gasteiger partial charge on any atom is -0.325 e. The maximum Gasteiger partial charge on any atom is 0.238 e. The lowest BCUT2D eigenvalue weighted by Gasteiger charge is -2.15. The first-order chi connectivity index (χ1) is 9.52. The molecule has 0 saturated carbocycles. The van der Waals surface area contributed by atoms with Crippen molar-refractivity contribution in [3.8, 4) is 0 Å². The van der Waals surface area contributed by atoms with E-state index in [0.29, 0.717) is 6.54 Å². The van der Waals surface area contributed by atoms with Crippen LogP contribution in [0, 0.1) is 6.92 Å². The molecule has 1 amide bonds. The highest BCUT2D eigenvalue weighted by Gasteiger charge is 2.08. The zero-order chi connectivity index (χ0) is 14.5. The Labute approximate surface area is 131 Å². The molecule has 0 fully saturated rings. The van der Waals surface area contributed by atoms with Crippen molar-refractivity contribution in [3.05, 3.63) is 50.6 Å². The van der Waals surface area contributed by atoms with E-state index in [1.165, 1.54) is 4.88 Å². The Morgan fingerprint density at radius 1 is 1.35 bits per heavy atom. The predicted octanol–water partition coefficient (Wildman–Crippen LogP) is 3.89. The van der Waals surface area contributed by atoms with Gasteiger partial charge in [-0.05, 0) is 59.7 Å². The molecule has 1 heterocycles. The second-order valence-corrected chi connectivity index (χ2v) is 7.34. The smallest absolute Gasteiger partial charge is 0.238 e. The summed E-state index contributed by atoms with van der Waals surface area (Å²) in [5, 5.41) is 2.92. The Morgan fingerprint density at radius 2 is 2.15 bits per heavy atom. The summed E-state index contributed by atoms with van der Waals surface area (Å²) < 4.78 is 1.12. The third kappa shape index (κ3) is 4.74. The van der Waals surface area contributed by atoms with Crippen LogP contribution < -0.4 is 5.32 Å². The minimum atomic E-state index is 0.00808. The molecule has 0 aliphatic rings. The molecule has 0 saturated heterocycles. The van der Waals surface area contributed by atoms with Crippen LogP contribution in [0.1, 0.15) is 10.4 Å². The van der Waals surface area contributed by atoms with Crippen molar-refractivity contribution < 1.29 is 4.79 Å². The van der Waals surface area contributed by atoms with E-state index in [9.17, 15) is 4.79 Å². The van der Waals surface area contributed by atoms with E-state index in [0.717, 1.165) is 21.6 Å². The quantitative estimate of drug-likeness (QED) is 0.885. The number of halogens is 1. The third-order valence-corrected chi connectivity index (χ3v) is 4.38. The predicted molar refractivity (Wildman–Crippen MR) is 88.2 cm³/mol. The van der Waals surface area contributed by atoms with E-state index in [4.69, 9.17) is 0 Å². The molecule has 0 spiro atoms. The Balaban J connectivity index is 1.84. The largest absolute Gasteiger partial charge is 0.325 e. The van der Waals surface area contributed by atoms with Crippen LogP contribution in [0.25, 0.3) is 0 Å². The van der Waals surface area contributed by atoms with Crippen molar-refractivity contribution in [2.45, 2.75) is 13.5 Å². The number of thiophene rings is 1. The molecule has 0 radical (unpaired) electrons. The van der Waals surface area contributed by atoms with Crippen LogP contribution in [-0.2, 0) is 11.3 Å². The van der Waals surface area contributed by atoms with Gasteiger partial charge in [0.1, 0.15) is 0 Å². The number of benzene rings is 1. The van der Waals surface area contributed by atoms with Gasteiger partial charge in [0.2, 0.25) is 5.91 Å². The third-order valence-electron chi connectivity index (χ3n) is 2.77. The molecule has 0 unspecified atom stereocenters. The molecule has 1 N–H and O–H groups in total. The Morgan fingerprint density at radius 3 is 2.80 bits per heavy atom. The standard InChI is InChI=1S/C15H17BrN2OS/c1-11-4-3-5-12(8-11)17-15(19)10-18(2)9-13-6-7-14(16)20-13/h3-8H,9-10H2,1-2H3,(H,17,19). The Kier molecular flexibility index (Phi) is 5.34. The number of rotatable bonds is 5. The van der Waals surface area contributed by atoms with E-state index in [-0.39, 0.29) is 5.91 Å². The van der Waals surface area contributed by atoms with Crippen LogP contribution in [0.5, 0.6) is 0 Å². The van der Waals surface area contributed by atoms with Crippen molar-refractivity contribution in [3.63, 3.8) is 0 Å². The fourth-order valence-corrected chi connectivity index (χ4v) is 3.49. The van der Waals surface area contributed by atoms with Crippen LogP contribution in [0.2, 0.25) is 0 Å². The molecule has 20 heavy (non-hydrogen) atoms. The molecule has 0 aliphatic heterocycles. The number of carbonyl (C=O) groups is 1. The fraction of sp³-hybridized carbons (Fsp3) is 0.267. The maximum absolute atomic E-state index is 12.0. The molecular weight excluding hydrogens is 336 g/mol. The van der Waals surface area contributed by atoms with Crippen molar-refractivity contribution in [2.75, 3.05) is 18.9 Å². The van der Waals surface area contributed by atoms with Gasteiger partial charge in [-0.25, -0.2) is 0 Å². The van der Waals surface area contributed by atoms with E-state index in [1.54, 1.807) is 11.3 Å². The number of nitrogens with zero attached hydrogens (tertiary/aromatic N) is 1. The summed E-state index contributed by atoms with van der Waals surface area (Å²) in [6.07, 6.45) is 0. The number of carbonyl (C=O) groups excluding carboxylic acids is 1. The van der Waals surface area contributed by atoms with E-state index in [1.807, 2.05) is 49.2 Å².